The highest BCUT2D eigenvalue weighted by molar-refractivity contribution is 5.45. The number of aliphatic hydroxyl groups is 1. The summed E-state index contributed by atoms with van der Waals surface area (Å²) in [5, 5.41) is 24.7. The smallest absolute Gasteiger partial charge is 0.115 e. The van der Waals surface area contributed by atoms with Crippen LogP contribution in [-0.4, -0.2) is 46.9 Å². The number of fused-ring (bicyclic) bond motifs is 4. The van der Waals surface area contributed by atoms with Crippen LogP contribution >= 0.6 is 0 Å². The third-order valence-corrected chi connectivity index (χ3v) is 7.08. The third kappa shape index (κ3) is 3.09. The minimum absolute atomic E-state index is 0.144. The summed E-state index contributed by atoms with van der Waals surface area (Å²) in [5.41, 5.74) is 2.20. The lowest BCUT2D eigenvalue weighted by Gasteiger charge is -2.53. The van der Waals surface area contributed by atoms with E-state index in [1.54, 1.807) is 0 Å². The molecule has 3 unspecified atom stereocenters. The monoisotopic (exact) mass is 344 g/mol. The van der Waals surface area contributed by atoms with Gasteiger partial charge >= 0.3 is 0 Å². The van der Waals surface area contributed by atoms with Crippen molar-refractivity contribution < 1.29 is 10.2 Å². The molecule has 3 aliphatic rings. The van der Waals surface area contributed by atoms with Crippen molar-refractivity contribution in [3.8, 4) is 5.75 Å². The van der Waals surface area contributed by atoms with Crippen LogP contribution in [0.25, 0.3) is 0 Å². The lowest BCUT2D eigenvalue weighted by molar-refractivity contribution is -0.00462. The Kier molecular flexibility index (Phi) is 4.33. The maximum atomic E-state index is 10.9. The molecule has 2 fully saturated rings. The van der Waals surface area contributed by atoms with Gasteiger partial charge in [0.05, 0.1) is 5.60 Å². The van der Waals surface area contributed by atoms with Crippen molar-refractivity contribution in [1.82, 2.24) is 10.2 Å². The molecule has 138 valence electrons. The van der Waals surface area contributed by atoms with Gasteiger partial charge in [-0.3, -0.25) is 0 Å². The van der Waals surface area contributed by atoms with E-state index >= 15 is 0 Å². The Hall–Kier alpha value is -1.10. The van der Waals surface area contributed by atoms with Gasteiger partial charge in [0.25, 0.3) is 0 Å². The summed E-state index contributed by atoms with van der Waals surface area (Å²) in [4.78, 5) is 2.47. The van der Waals surface area contributed by atoms with Crippen LogP contribution in [0.1, 0.15) is 69.0 Å². The molecule has 3 N–H and O–H groups in total. The first-order chi connectivity index (χ1) is 11.9. The van der Waals surface area contributed by atoms with Crippen LogP contribution in [0.5, 0.6) is 5.75 Å². The van der Waals surface area contributed by atoms with Crippen LogP contribution in [0.3, 0.4) is 0 Å². The average molecular weight is 344 g/mol. The molecule has 4 nitrogen and oxygen atoms in total. The number of aromatic hydroxyl groups is 1. The van der Waals surface area contributed by atoms with Crippen molar-refractivity contribution in [3.63, 3.8) is 0 Å². The molecule has 1 aromatic rings. The quantitative estimate of drug-likeness (QED) is 0.789. The lowest BCUT2D eigenvalue weighted by atomic mass is 9.63. The van der Waals surface area contributed by atoms with Gasteiger partial charge in [0.2, 0.25) is 0 Å². The molecule has 1 aliphatic heterocycles. The van der Waals surface area contributed by atoms with Crippen molar-refractivity contribution in [2.75, 3.05) is 20.1 Å². The van der Waals surface area contributed by atoms with Gasteiger partial charge in [-0.1, -0.05) is 32.3 Å². The van der Waals surface area contributed by atoms with E-state index < -0.39 is 5.60 Å². The minimum atomic E-state index is -0.552. The predicted molar refractivity (Wildman–Crippen MR) is 99.9 cm³/mol. The zero-order valence-corrected chi connectivity index (χ0v) is 15.6. The van der Waals surface area contributed by atoms with Crippen LogP contribution in [0.15, 0.2) is 18.2 Å². The fraction of sp³-hybridized carbons (Fsp3) is 0.714. The van der Waals surface area contributed by atoms with Crippen molar-refractivity contribution in [3.05, 3.63) is 29.3 Å². The number of rotatable bonds is 3. The molecule has 25 heavy (non-hydrogen) atoms. The van der Waals surface area contributed by atoms with Crippen molar-refractivity contribution in [2.45, 2.75) is 75.0 Å². The van der Waals surface area contributed by atoms with Gasteiger partial charge in [0.15, 0.2) is 0 Å². The number of hydrogen-bond donors (Lipinski definition) is 3. The van der Waals surface area contributed by atoms with E-state index in [0.29, 0.717) is 18.3 Å². The third-order valence-electron chi connectivity index (χ3n) is 7.08. The van der Waals surface area contributed by atoms with E-state index in [1.807, 2.05) is 12.1 Å². The molecule has 0 radical (unpaired) electrons. The number of piperidine rings is 1. The van der Waals surface area contributed by atoms with Gasteiger partial charge in [0.1, 0.15) is 5.75 Å². The number of hydrogen-bond acceptors (Lipinski definition) is 4. The zero-order chi connectivity index (χ0) is 17.7. The normalized spacial score (nSPS) is 34.5. The van der Waals surface area contributed by atoms with Crippen LogP contribution in [0.4, 0.5) is 0 Å². The summed E-state index contributed by atoms with van der Waals surface area (Å²) in [6.07, 6.45) is 7.57. The van der Waals surface area contributed by atoms with Gasteiger partial charge in [-0.2, -0.15) is 0 Å². The predicted octanol–water partition coefficient (Wildman–Crippen LogP) is 3.08. The highest BCUT2D eigenvalue weighted by Crippen LogP contribution is 2.49. The SMILES string of the molecule is CN1CCC2(C)CC1C(NCC1(O)CCCCC1)c1ccc(O)cc12. The topological polar surface area (TPSA) is 55.7 Å². The largest absolute Gasteiger partial charge is 0.508 e. The maximum absolute atomic E-state index is 10.9. The molecule has 4 rings (SSSR count). The fourth-order valence-corrected chi connectivity index (χ4v) is 5.40. The standard InChI is InChI=1S/C21H32N2O2/c1-20-10-11-23(2)18(13-20)19(16-7-6-15(24)12-17(16)20)22-14-21(25)8-4-3-5-9-21/h6-7,12,18-19,22,24-25H,3-5,8-11,13-14H2,1-2H3. The molecule has 1 saturated carbocycles. The van der Waals surface area contributed by atoms with Gasteiger partial charge in [-0.25, -0.2) is 0 Å². The molecular weight excluding hydrogens is 312 g/mol. The maximum Gasteiger partial charge on any atom is 0.115 e. The van der Waals surface area contributed by atoms with E-state index in [2.05, 4.69) is 30.3 Å². The number of phenols is 1. The summed E-state index contributed by atoms with van der Waals surface area (Å²) in [5.74, 6) is 0.363. The molecule has 0 aromatic heterocycles. The van der Waals surface area contributed by atoms with E-state index in [-0.39, 0.29) is 11.5 Å². The number of phenolic OH excluding ortho intramolecular Hbond substituents is 1. The number of likely N-dealkylation sites (N-methyl/N-ethyl adjacent to an activating group) is 1. The molecule has 1 aromatic carbocycles. The number of nitrogens with one attached hydrogen (secondary N) is 1. The first-order valence-corrected chi connectivity index (χ1v) is 9.90. The fourth-order valence-electron chi connectivity index (χ4n) is 5.40. The van der Waals surface area contributed by atoms with Crippen molar-refractivity contribution >= 4 is 0 Å². The van der Waals surface area contributed by atoms with Crippen LogP contribution < -0.4 is 5.32 Å². The second-order valence-electron chi connectivity index (χ2n) is 8.98. The molecule has 3 atom stereocenters. The summed E-state index contributed by atoms with van der Waals surface area (Å²) in [6.45, 7) is 4.09. The molecule has 1 heterocycles. The molecular formula is C21H32N2O2. The molecule has 0 spiro atoms. The van der Waals surface area contributed by atoms with Gasteiger partial charge in [-0.15, -0.1) is 0 Å². The van der Waals surface area contributed by atoms with E-state index in [0.717, 1.165) is 45.1 Å². The minimum Gasteiger partial charge on any atom is -0.508 e. The van der Waals surface area contributed by atoms with E-state index in [9.17, 15) is 10.2 Å². The zero-order valence-electron chi connectivity index (χ0n) is 15.6. The van der Waals surface area contributed by atoms with Gasteiger partial charge in [-0.05, 0) is 68.0 Å². The first kappa shape index (κ1) is 17.3. The second-order valence-corrected chi connectivity index (χ2v) is 8.98. The number of nitrogens with zero attached hydrogens (tertiary/aromatic N) is 1. The number of benzene rings is 1. The highest BCUT2D eigenvalue weighted by atomic mass is 16.3. The lowest BCUT2D eigenvalue weighted by Crippen LogP contribution is -2.57. The average Bonchev–Trinajstić information content (AvgIpc) is 2.59. The molecule has 0 amide bonds. The number of likely N-dealkylation sites (tertiary alicyclic amines) is 1. The van der Waals surface area contributed by atoms with Crippen LogP contribution in [0.2, 0.25) is 0 Å². The van der Waals surface area contributed by atoms with Gasteiger partial charge < -0.3 is 20.4 Å². The summed E-state index contributed by atoms with van der Waals surface area (Å²) in [7, 11) is 2.22. The molecule has 1 saturated heterocycles. The van der Waals surface area contributed by atoms with Crippen LogP contribution in [0, 0.1) is 0 Å². The Morgan fingerprint density at radius 3 is 2.72 bits per heavy atom. The van der Waals surface area contributed by atoms with Crippen molar-refractivity contribution in [2.24, 2.45) is 0 Å². The summed E-state index contributed by atoms with van der Waals surface area (Å²) in [6, 6.07) is 6.55. The molecule has 2 bridgehead atoms. The summed E-state index contributed by atoms with van der Waals surface area (Å²) < 4.78 is 0. The second kappa shape index (κ2) is 6.26. The Bertz CT molecular complexity index is 641. The summed E-state index contributed by atoms with van der Waals surface area (Å²) >= 11 is 0. The Balaban J connectivity index is 1.63. The van der Waals surface area contributed by atoms with Gasteiger partial charge in [0, 0.05) is 18.6 Å². The van der Waals surface area contributed by atoms with Crippen molar-refractivity contribution in [1.29, 1.82) is 0 Å². The van der Waals surface area contributed by atoms with Crippen LogP contribution in [-0.2, 0) is 5.41 Å². The molecule has 4 heteroatoms. The highest BCUT2D eigenvalue weighted by Gasteiger charge is 2.47. The first-order valence-electron chi connectivity index (χ1n) is 9.90. The molecule has 2 aliphatic carbocycles. The Labute approximate surface area is 151 Å². The van der Waals surface area contributed by atoms with E-state index in [1.165, 1.54) is 17.5 Å². The van der Waals surface area contributed by atoms with E-state index in [4.69, 9.17) is 0 Å². The Morgan fingerprint density at radius 1 is 1.20 bits per heavy atom. The Morgan fingerprint density at radius 2 is 1.96 bits per heavy atom.